The van der Waals surface area contributed by atoms with Crippen molar-refractivity contribution in [2.24, 2.45) is 0 Å². The molecule has 0 aliphatic carbocycles. The molecule has 0 aromatic rings. The molecule has 0 bridgehead atoms. The molecule has 0 saturated carbocycles. The normalized spacial score (nSPS) is 28.8. The van der Waals surface area contributed by atoms with Gasteiger partial charge in [-0.05, 0) is 44.6 Å². The lowest BCUT2D eigenvalue weighted by molar-refractivity contribution is -0.162. The zero-order chi connectivity index (χ0) is 14.0. The average molecular weight is 284 g/mol. The van der Waals surface area contributed by atoms with Gasteiger partial charge in [-0.15, -0.1) is 0 Å². The number of carbonyl (C=O) groups is 2. The van der Waals surface area contributed by atoms with Gasteiger partial charge in [-0.25, -0.2) is 0 Å². The Balaban J connectivity index is 2.18. The second-order valence-electron chi connectivity index (χ2n) is 5.49. The maximum atomic E-state index is 12.7. The summed E-state index contributed by atoms with van der Waals surface area (Å²) in [5.74, 6) is 1.38. The maximum absolute atomic E-state index is 12.7. The molecule has 2 aliphatic rings. The van der Waals surface area contributed by atoms with E-state index in [-0.39, 0.29) is 29.9 Å². The number of rotatable bonds is 5. The first-order valence-corrected chi connectivity index (χ1v) is 8.62. The third-order valence-electron chi connectivity index (χ3n) is 4.30. The second-order valence-corrected chi connectivity index (χ2v) is 6.48. The van der Waals surface area contributed by atoms with Gasteiger partial charge in [0.1, 0.15) is 12.1 Å². The molecule has 4 nitrogen and oxygen atoms in total. The summed E-state index contributed by atoms with van der Waals surface area (Å²) in [6.45, 7) is 4.84. The summed E-state index contributed by atoms with van der Waals surface area (Å²) in [4.78, 5) is 28.8. The summed E-state index contributed by atoms with van der Waals surface area (Å²) in [6, 6.07) is -0.248. The molecular formula is C14H24N2O2S. The van der Waals surface area contributed by atoms with E-state index in [2.05, 4.69) is 13.2 Å². The van der Waals surface area contributed by atoms with Gasteiger partial charge in [0.05, 0.1) is 0 Å². The van der Waals surface area contributed by atoms with Gasteiger partial charge in [-0.1, -0.05) is 6.92 Å². The number of amides is 2. The van der Waals surface area contributed by atoms with Crippen LogP contribution in [0, 0.1) is 0 Å². The van der Waals surface area contributed by atoms with Gasteiger partial charge >= 0.3 is 0 Å². The summed E-state index contributed by atoms with van der Waals surface area (Å²) in [7, 11) is 0. The number of carbonyl (C=O) groups excluding carboxylic acids is 2. The van der Waals surface area contributed by atoms with Crippen molar-refractivity contribution >= 4 is 23.6 Å². The van der Waals surface area contributed by atoms with E-state index in [4.69, 9.17) is 0 Å². The quantitative estimate of drug-likeness (QED) is 0.772. The largest absolute Gasteiger partial charge is 0.329 e. The minimum absolute atomic E-state index is 0.164. The van der Waals surface area contributed by atoms with E-state index in [9.17, 15) is 9.59 Å². The van der Waals surface area contributed by atoms with Crippen molar-refractivity contribution in [1.29, 1.82) is 0 Å². The number of nitrogens with zero attached hydrogens (tertiary/aromatic N) is 2. The predicted octanol–water partition coefficient (Wildman–Crippen LogP) is 1.74. The van der Waals surface area contributed by atoms with Crippen molar-refractivity contribution in [3.05, 3.63) is 0 Å². The summed E-state index contributed by atoms with van der Waals surface area (Å²) in [6.07, 6.45) is 5.56. The summed E-state index contributed by atoms with van der Waals surface area (Å²) in [5, 5.41) is 0. The molecule has 0 radical (unpaired) electrons. The molecule has 0 aromatic carbocycles. The summed E-state index contributed by atoms with van der Waals surface area (Å²) in [5.41, 5.74) is 0. The van der Waals surface area contributed by atoms with Gasteiger partial charge < -0.3 is 9.80 Å². The van der Waals surface area contributed by atoms with E-state index < -0.39 is 0 Å². The van der Waals surface area contributed by atoms with Gasteiger partial charge in [-0.3, -0.25) is 9.59 Å². The van der Waals surface area contributed by atoms with E-state index in [1.165, 1.54) is 0 Å². The highest BCUT2D eigenvalue weighted by Gasteiger charge is 2.48. The Hall–Kier alpha value is -0.710. The number of hydrogen-bond acceptors (Lipinski definition) is 3. The van der Waals surface area contributed by atoms with Gasteiger partial charge in [0.25, 0.3) is 0 Å². The minimum Gasteiger partial charge on any atom is -0.329 e. The van der Waals surface area contributed by atoms with Crippen LogP contribution in [-0.4, -0.2) is 58.3 Å². The van der Waals surface area contributed by atoms with Crippen LogP contribution in [0.1, 0.15) is 39.5 Å². The molecule has 0 aromatic heterocycles. The molecule has 108 valence electrons. The standard InChI is InChI=1S/C14H24N2O2S/c1-4-11-13(17)15-8-5-6-12(15)14(18)16(11)10(2)7-9-19-3/h10-12H,4-9H2,1-3H3. The van der Waals surface area contributed by atoms with E-state index in [1.54, 1.807) is 11.8 Å². The number of thioether (sulfide) groups is 1. The van der Waals surface area contributed by atoms with Crippen molar-refractivity contribution < 1.29 is 9.59 Å². The Morgan fingerprint density at radius 1 is 1.37 bits per heavy atom. The zero-order valence-corrected chi connectivity index (χ0v) is 12.9. The monoisotopic (exact) mass is 284 g/mol. The number of hydrogen-bond donors (Lipinski definition) is 0. The van der Waals surface area contributed by atoms with Crippen LogP contribution in [0.5, 0.6) is 0 Å². The molecule has 5 heteroatoms. The van der Waals surface area contributed by atoms with Crippen LogP contribution in [0.4, 0.5) is 0 Å². The SMILES string of the molecule is CCC1C(=O)N2CCCC2C(=O)N1C(C)CCSC. The lowest BCUT2D eigenvalue weighted by Crippen LogP contribution is -2.64. The van der Waals surface area contributed by atoms with Crippen molar-refractivity contribution in [3.63, 3.8) is 0 Å². The van der Waals surface area contributed by atoms with Crippen LogP contribution in [-0.2, 0) is 9.59 Å². The first-order valence-electron chi connectivity index (χ1n) is 7.23. The highest BCUT2D eigenvalue weighted by Crippen LogP contribution is 2.30. The highest BCUT2D eigenvalue weighted by molar-refractivity contribution is 7.98. The van der Waals surface area contributed by atoms with Crippen molar-refractivity contribution in [2.45, 2.75) is 57.7 Å². The van der Waals surface area contributed by atoms with Gasteiger partial charge in [0.2, 0.25) is 11.8 Å². The average Bonchev–Trinajstić information content (AvgIpc) is 2.89. The topological polar surface area (TPSA) is 40.6 Å². The first-order chi connectivity index (χ1) is 9.11. The Labute approximate surface area is 119 Å². The van der Waals surface area contributed by atoms with Crippen LogP contribution in [0.3, 0.4) is 0 Å². The lowest BCUT2D eigenvalue weighted by atomic mass is 10.00. The van der Waals surface area contributed by atoms with Gasteiger partial charge in [0, 0.05) is 12.6 Å². The summed E-state index contributed by atoms with van der Waals surface area (Å²) >= 11 is 1.79. The Kier molecular flexibility index (Phi) is 4.76. The van der Waals surface area contributed by atoms with Crippen LogP contribution >= 0.6 is 11.8 Å². The Morgan fingerprint density at radius 3 is 2.74 bits per heavy atom. The molecule has 3 atom stereocenters. The molecule has 2 amide bonds. The van der Waals surface area contributed by atoms with Crippen LogP contribution in [0.25, 0.3) is 0 Å². The zero-order valence-electron chi connectivity index (χ0n) is 12.1. The molecular weight excluding hydrogens is 260 g/mol. The number of fused-ring (bicyclic) bond motifs is 1. The smallest absolute Gasteiger partial charge is 0.246 e. The molecule has 2 rings (SSSR count). The van der Waals surface area contributed by atoms with Crippen molar-refractivity contribution in [3.8, 4) is 0 Å². The van der Waals surface area contributed by atoms with Crippen molar-refractivity contribution in [1.82, 2.24) is 9.80 Å². The predicted molar refractivity (Wildman–Crippen MR) is 78.1 cm³/mol. The molecule has 2 aliphatic heterocycles. The van der Waals surface area contributed by atoms with Crippen LogP contribution in [0.2, 0.25) is 0 Å². The molecule has 2 saturated heterocycles. The Bertz CT molecular complexity index is 361. The van der Waals surface area contributed by atoms with E-state index in [0.717, 1.165) is 38.0 Å². The fraction of sp³-hybridized carbons (Fsp3) is 0.857. The molecule has 2 fully saturated rings. The first kappa shape index (κ1) is 14.7. The molecule has 3 unspecified atom stereocenters. The molecule has 19 heavy (non-hydrogen) atoms. The minimum atomic E-state index is -0.237. The van der Waals surface area contributed by atoms with Crippen LogP contribution in [0.15, 0.2) is 0 Å². The van der Waals surface area contributed by atoms with Gasteiger partial charge in [-0.2, -0.15) is 11.8 Å². The molecule has 2 heterocycles. The molecule has 0 spiro atoms. The third-order valence-corrected chi connectivity index (χ3v) is 4.94. The van der Waals surface area contributed by atoms with Crippen molar-refractivity contribution in [2.75, 3.05) is 18.6 Å². The van der Waals surface area contributed by atoms with E-state index >= 15 is 0 Å². The van der Waals surface area contributed by atoms with E-state index in [1.807, 2.05) is 16.7 Å². The van der Waals surface area contributed by atoms with Crippen LogP contribution < -0.4 is 0 Å². The maximum Gasteiger partial charge on any atom is 0.246 e. The Morgan fingerprint density at radius 2 is 2.11 bits per heavy atom. The second kappa shape index (κ2) is 6.16. The van der Waals surface area contributed by atoms with E-state index in [0.29, 0.717) is 0 Å². The van der Waals surface area contributed by atoms with Gasteiger partial charge in [0.15, 0.2) is 0 Å². The number of piperazine rings is 1. The highest BCUT2D eigenvalue weighted by atomic mass is 32.2. The third kappa shape index (κ3) is 2.62. The fourth-order valence-electron chi connectivity index (χ4n) is 3.25. The fourth-order valence-corrected chi connectivity index (χ4v) is 3.82. The summed E-state index contributed by atoms with van der Waals surface area (Å²) < 4.78 is 0. The lowest BCUT2D eigenvalue weighted by Gasteiger charge is -2.45. The molecule has 0 N–H and O–H groups in total.